The molecule has 0 aliphatic rings. The van der Waals surface area contributed by atoms with Gasteiger partial charge in [0.1, 0.15) is 0 Å². The van der Waals surface area contributed by atoms with Gasteiger partial charge in [0, 0.05) is 34.4 Å². The van der Waals surface area contributed by atoms with Crippen molar-refractivity contribution in [1.82, 2.24) is 9.55 Å². The van der Waals surface area contributed by atoms with Crippen LogP contribution in [0.4, 0.5) is 0 Å². The van der Waals surface area contributed by atoms with Gasteiger partial charge in [0.05, 0.1) is 11.0 Å². The normalized spacial score (nSPS) is 13.1. The molecular formula is C10H11ClN2OS2. The van der Waals surface area contributed by atoms with Gasteiger partial charge >= 0.3 is 0 Å². The van der Waals surface area contributed by atoms with Crippen molar-refractivity contribution in [2.45, 2.75) is 6.54 Å². The summed E-state index contributed by atoms with van der Waals surface area (Å²) in [6.07, 6.45) is 1.69. The summed E-state index contributed by atoms with van der Waals surface area (Å²) in [7, 11) is -0.813. The number of rotatable bonds is 3. The molecule has 0 saturated heterocycles. The van der Waals surface area contributed by atoms with Crippen LogP contribution in [0.3, 0.4) is 0 Å². The Kier molecular flexibility index (Phi) is 3.47. The standard InChI is InChI=1S/C10H11ClN2OS2/c1-16(14)5-4-13-9-3-2-7(11)6-8(9)12-10(13)15/h2-3,6H,4-5H2,1H3,(H,12,15). The maximum Gasteiger partial charge on any atom is 0.178 e. The fourth-order valence-corrected chi connectivity index (χ4v) is 2.49. The summed E-state index contributed by atoms with van der Waals surface area (Å²) < 4.78 is 13.7. The highest BCUT2D eigenvalue weighted by Crippen LogP contribution is 2.18. The van der Waals surface area contributed by atoms with Gasteiger partial charge in [-0.05, 0) is 30.4 Å². The molecule has 3 nitrogen and oxygen atoms in total. The molecule has 86 valence electrons. The van der Waals surface area contributed by atoms with Crippen molar-refractivity contribution in [2.24, 2.45) is 0 Å². The van der Waals surface area contributed by atoms with Crippen LogP contribution in [0.1, 0.15) is 0 Å². The zero-order chi connectivity index (χ0) is 11.7. The summed E-state index contributed by atoms with van der Waals surface area (Å²) in [5.41, 5.74) is 1.92. The van der Waals surface area contributed by atoms with Gasteiger partial charge < -0.3 is 9.55 Å². The SMILES string of the molecule is CS(=O)CCn1c(=S)[nH]c2cc(Cl)ccc21. The van der Waals surface area contributed by atoms with Crippen LogP contribution in [0.5, 0.6) is 0 Å². The van der Waals surface area contributed by atoms with Crippen LogP contribution in [0.2, 0.25) is 5.02 Å². The zero-order valence-corrected chi connectivity index (χ0v) is 11.1. The van der Waals surface area contributed by atoms with E-state index in [4.69, 9.17) is 23.8 Å². The van der Waals surface area contributed by atoms with Crippen molar-refractivity contribution in [3.05, 3.63) is 28.0 Å². The molecule has 6 heteroatoms. The molecule has 0 spiro atoms. The van der Waals surface area contributed by atoms with Crippen molar-refractivity contribution in [2.75, 3.05) is 12.0 Å². The lowest BCUT2D eigenvalue weighted by molar-refractivity contribution is 0.678. The second-order valence-corrected chi connectivity index (χ2v) is 5.90. The number of aromatic amines is 1. The molecule has 2 aromatic rings. The minimum atomic E-state index is -0.813. The molecule has 1 aromatic carbocycles. The number of nitrogens with one attached hydrogen (secondary N) is 1. The lowest BCUT2D eigenvalue weighted by atomic mass is 10.3. The van der Waals surface area contributed by atoms with Gasteiger partial charge in [0.2, 0.25) is 0 Å². The van der Waals surface area contributed by atoms with E-state index in [2.05, 4.69) is 4.98 Å². The molecule has 0 fully saturated rings. The molecule has 0 radical (unpaired) electrons. The third-order valence-electron chi connectivity index (χ3n) is 2.34. The fourth-order valence-electron chi connectivity index (χ4n) is 1.58. The van der Waals surface area contributed by atoms with Gasteiger partial charge in [0.15, 0.2) is 4.77 Å². The minimum Gasteiger partial charge on any atom is -0.331 e. The van der Waals surface area contributed by atoms with E-state index in [0.717, 1.165) is 11.0 Å². The van der Waals surface area contributed by atoms with Gasteiger partial charge in [-0.2, -0.15) is 0 Å². The number of nitrogens with zero attached hydrogens (tertiary/aromatic N) is 1. The quantitative estimate of drug-likeness (QED) is 0.874. The van der Waals surface area contributed by atoms with Crippen molar-refractivity contribution in [1.29, 1.82) is 0 Å². The molecule has 0 amide bonds. The van der Waals surface area contributed by atoms with Crippen LogP contribution in [0, 0.1) is 4.77 Å². The predicted octanol–water partition coefficient (Wildman–Crippen LogP) is 2.73. The molecule has 1 atom stereocenters. The summed E-state index contributed by atoms with van der Waals surface area (Å²) in [5, 5.41) is 0.676. The third kappa shape index (κ3) is 2.36. The minimum absolute atomic E-state index is 0.601. The Hall–Kier alpha value is -0.650. The number of hydrogen-bond acceptors (Lipinski definition) is 2. The van der Waals surface area contributed by atoms with E-state index in [9.17, 15) is 4.21 Å². The molecule has 0 saturated carbocycles. The topological polar surface area (TPSA) is 37.8 Å². The van der Waals surface area contributed by atoms with Crippen LogP contribution in [0.15, 0.2) is 18.2 Å². The first-order chi connectivity index (χ1) is 7.58. The highest BCUT2D eigenvalue weighted by Gasteiger charge is 2.05. The van der Waals surface area contributed by atoms with E-state index in [-0.39, 0.29) is 0 Å². The smallest absolute Gasteiger partial charge is 0.178 e. The summed E-state index contributed by atoms with van der Waals surface area (Å²) in [4.78, 5) is 3.09. The Morgan fingerprint density at radius 1 is 1.56 bits per heavy atom. The number of imidazole rings is 1. The Morgan fingerprint density at radius 3 is 3.00 bits per heavy atom. The van der Waals surface area contributed by atoms with Crippen molar-refractivity contribution < 1.29 is 4.21 Å². The van der Waals surface area contributed by atoms with Crippen LogP contribution in [0.25, 0.3) is 11.0 Å². The molecule has 1 N–H and O–H groups in total. The largest absolute Gasteiger partial charge is 0.331 e. The van der Waals surface area contributed by atoms with Gasteiger partial charge in [-0.25, -0.2) is 0 Å². The van der Waals surface area contributed by atoms with Crippen LogP contribution in [-0.2, 0) is 17.3 Å². The van der Waals surface area contributed by atoms with E-state index in [1.54, 1.807) is 6.26 Å². The summed E-state index contributed by atoms with van der Waals surface area (Å²) in [5.74, 6) is 0.601. The molecule has 16 heavy (non-hydrogen) atoms. The number of aryl methyl sites for hydroxylation is 1. The highest BCUT2D eigenvalue weighted by atomic mass is 35.5. The Morgan fingerprint density at radius 2 is 2.31 bits per heavy atom. The Balaban J connectivity index is 2.48. The maximum atomic E-state index is 11.1. The molecule has 1 heterocycles. The number of fused-ring (bicyclic) bond motifs is 1. The summed E-state index contributed by atoms with van der Waals surface area (Å²) in [6, 6.07) is 5.58. The van der Waals surface area contributed by atoms with Crippen molar-refractivity contribution in [3.63, 3.8) is 0 Å². The first kappa shape index (κ1) is 11.8. The third-order valence-corrected chi connectivity index (χ3v) is 3.65. The first-order valence-electron chi connectivity index (χ1n) is 4.76. The molecular weight excluding hydrogens is 264 g/mol. The highest BCUT2D eigenvalue weighted by molar-refractivity contribution is 7.84. The van der Waals surface area contributed by atoms with Crippen LogP contribution < -0.4 is 0 Å². The summed E-state index contributed by atoms with van der Waals surface area (Å²) >= 11 is 11.1. The number of benzene rings is 1. The number of halogens is 1. The molecule has 1 aromatic heterocycles. The van der Waals surface area contributed by atoms with Crippen LogP contribution >= 0.6 is 23.8 Å². The average molecular weight is 275 g/mol. The monoisotopic (exact) mass is 274 g/mol. The maximum absolute atomic E-state index is 11.1. The molecule has 0 aliphatic heterocycles. The first-order valence-corrected chi connectivity index (χ1v) is 7.27. The van der Waals surface area contributed by atoms with E-state index in [1.165, 1.54) is 0 Å². The van der Waals surface area contributed by atoms with Crippen LogP contribution in [-0.4, -0.2) is 25.8 Å². The van der Waals surface area contributed by atoms with E-state index >= 15 is 0 Å². The molecule has 1 unspecified atom stereocenters. The molecule has 2 rings (SSSR count). The van der Waals surface area contributed by atoms with E-state index in [0.29, 0.717) is 22.1 Å². The van der Waals surface area contributed by atoms with E-state index in [1.807, 2.05) is 22.8 Å². The van der Waals surface area contributed by atoms with Gasteiger partial charge in [-0.1, -0.05) is 11.6 Å². The Labute approximate surface area is 106 Å². The second kappa shape index (κ2) is 4.69. The number of hydrogen-bond donors (Lipinski definition) is 1. The van der Waals surface area contributed by atoms with E-state index < -0.39 is 10.8 Å². The predicted molar refractivity (Wildman–Crippen MR) is 71.1 cm³/mol. The lowest BCUT2D eigenvalue weighted by Gasteiger charge is -2.02. The number of aromatic nitrogens is 2. The molecule has 0 bridgehead atoms. The zero-order valence-electron chi connectivity index (χ0n) is 8.70. The van der Waals surface area contributed by atoms with Gasteiger partial charge in [0.25, 0.3) is 0 Å². The van der Waals surface area contributed by atoms with Gasteiger partial charge in [-0.3, -0.25) is 4.21 Å². The number of H-pyrrole nitrogens is 1. The lowest BCUT2D eigenvalue weighted by Crippen LogP contribution is -2.06. The summed E-state index contributed by atoms with van der Waals surface area (Å²) in [6.45, 7) is 0.656. The Bertz CT molecular complexity index is 602. The van der Waals surface area contributed by atoms with Crippen molar-refractivity contribution in [3.8, 4) is 0 Å². The molecule has 0 aliphatic carbocycles. The van der Waals surface area contributed by atoms with Crippen molar-refractivity contribution >= 4 is 45.7 Å². The second-order valence-electron chi connectivity index (χ2n) is 3.52. The average Bonchev–Trinajstić information content (AvgIpc) is 2.50. The fraction of sp³-hybridized carbons (Fsp3) is 0.300. The van der Waals surface area contributed by atoms with Gasteiger partial charge in [-0.15, -0.1) is 0 Å².